The first-order valence-electron chi connectivity index (χ1n) is 7.30. The summed E-state index contributed by atoms with van der Waals surface area (Å²) in [6, 6.07) is 8.80. The fourth-order valence-corrected chi connectivity index (χ4v) is 2.19. The third-order valence-electron chi connectivity index (χ3n) is 3.51. The van der Waals surface area contributed by atoms with E-state index in [4.69, 9.17) is 0 Å². The van der Waals surface area contributed by atoms with E-state index < -0.39 is 0 Å². The van der Waals surface area contributed by atoms with Gasteiger partial charge in [0.1, 0.15) is 0 Å². The van der Waals surface area contributed by atoms with E-state index in [2.05, 4.69) is 57.3 Å². The first-order valence-corrected chi connectivity index (χ1v) is 7.30. The van der Waals surface area contributed by atoms with Gasteiger partial charge in [-0.2, -0.15) is 0 Å². The highest BCUT2D eigenvalue weighted by Gasteiger charge is 2.16. The molecule has 0 saturated carbocycles. The molecule has 0 amide bonds. The summed E-state index contributed by atoms with van der Waals surface area (Å²) in [7, 11) is 0. The minimum atomic E-state index is 0.417. The Bertz CT molecular complexity index is 324. The number of unbranched alkanes of at least 4 members (excludes halogenated alkanes) is 2. The zero-order valence-corrected chi connectivity index (χ0v) is 12.6. The number of hydrogen-bond donors (Lipinski definition) is 1. The molecule has 0 aliphatic carbocycles. The SMILES string of the molecule is CCCCCC(C)(C)CNCc1ccc(C)cc1. The number of aryl methyl sites for hydroxylation is 1. The summed E-state index contributed by atoms with van der Waals surface area (Å²) in [6.45, 7) is 11.2. The lowest BCUT2D eigenvalue weighted by molar-refractivity contribution is 0.302. The molecule has 0 fully saturated rings. The molecule has 0 radical (unpaired) electrons. The Kier molecular flexibility index (Phi) is 6.42. The van der Waals surface area contributed by atoms with Gasteiger partial charge < -0.3 is 5.32 Å². The van der Waals surface area contributed by atoms with Crippen molar-refractivity contribution >= 4 is 0 Å². The molecule has 0 aliphatic heterocycles. The molecular weight excluding hydrogens is 218 g/mol. The van der Waals surface area contributed by atoms with Crippen molar-refractivity contribution in [2.75, 3.05) is 6.54 Å². The molecule has 0 saturated heterocycles. The fourth-order valence-electron chi connectivity index (χ4n) is 2.19. The van der Waals surface area contributed by atoms with Crippen LogP contribution < -0.4 is 5.32 Å². The summed E-state index contributed by atoms with van der Waals surface area (Å²) in [6.07, 6.45) is 5.35. The van der Waals surface area contributed by atoms with Crippen molar-refractivity contribution in [1.82, 2.24) is 5.32 Å². The zero-order chi connectivity index (χ0) is 13.4. The van der Waals surface area contributed by atoms with E-state index in [-0.39, 0.29) is 0 Å². The summed E-state index contributed by atoms with van der Waals surface area (Å²) >= 11 is 0. The molecule has 0 aliphatic rings. The van der Waals surface area contributed by atoms with Crippen LogP contribution in [0, 0.1) is 12.3 Å². The predicted octanol–water partition coefficient (Wildman–Crippen LogP) is 4.69. The van der Waals surface area contributed by atoms with Crippen LogP contribution in [0.2, 0.25) is 0 Å². The Morgan fingerprint density at radius 3 is 2.33 bits per heavy atom. The fraction of sp³-hybridized carbons (Fsp3) is 0.647. The second kappa shape index (κ2) is 7.58. The molecule has 1 nitrogen and oxygen atoms in total. The van der Waals surface area contributed by atoms with E-state index in [0.29, 0.717) is 5.41 Å². The molecule has 0 spiro atoms. The van der Waals surface area contributed by atoms with Crippen molar-refractivity contribution in [2.24, 2.45) is 5.41 Å². The van der Waals surface area contributed by atoms with Gasteiger partial charge >= 0.3 is 0 Å². The second-order valence-corrected chi connectivity index (χ2v) is 6.21. The number of benzene rings is 1. The van der Waals surface area contributed by atoms with Gasteiger partial charge in [-0.15, -0.1) is 0 Å². The van der Waals surface area contributed by atoms with Crippen molar-refractivity contribution in [2.45, 2.75) is 59.9 Å². The third-order valence-corrected chi connectivity index (χ3v) is 3.51. The van der Waals surface area contributed by atoms with Crippen molar-refractivity contribution in [3.05, 3.63) is 35.4 Å². The molecule has 0 atom stereocenters. The van der Waals surface area contributed by atoms with Crippen LogP contribution in [0.3, 0.4) is 0 Å². The molecular formula is C17H29N. The van der Waals surface area contributed by atoms with Crippen molar-refractivity contribution in [1.29, 1.82) is 0 Å². The lowest BCUT2D eigenvalue weighted by Crippen LogP contribution is -2.29. The van der Waals surface area contributed by atoms with Gasteiger partial charge in [-0.3, -0.25) is 0 Å². The van der Waals surface area contributed by atoms with Gasteiger partial charge in [-0.25, -0.2) is 0 Å². The van der Waals surface area contributed by atoms with Crippen LogP contribution in [0.1, 0.15) is 57.6 Å². The quantitative estimate of drug-likeness (QED) is 0.657. The first-order chi connectivity index (χ1) is 8.53. The summed E-state index contributed by atoms with van der Waals surface area (Å²) in [5.74, 6) is 0. The van der Waals surface area contributed by atoms with Crippen LogP contribution in [0.5, 0.6) is 0 Å². The smallest absolute Gasteiger partial charge is 0.0205 e. The van der Waals surface area contributed by atoms with Crippen LogP contribution >= 0.6 is 0 Å². The highest BCUT2D eigenvalue weighted by molar-refractivity contribution is 5.21. The van der Waals surface area contributed by atoms with Gasteiger partial charge in [0.15, 0.2) is 0 Å². The van der Waals surface area contributed by atoms with E-state index in [1.165, 1.54) is 36.8 Å². The summed E-state index contributed by atoms with van der Waals surface area (Å²) in [4.78, 5) is 0. The monoisotopic (exact) mass is 247 g/mol. The van der Waals surface area contributed by atoms with E-state index in [0.717, 1.165) is 13.1 Å². The molecule has 0 unspecified atom stereocenters. The highest BCUT2D eigenvalue weighted by atomic mass is 14.9. The molecule has 1 aromatic carbocycles. The first kappa shape index (κ1) is 15.2. The molecule has 18 heavy (non-hydrogen) atoms. The Morgan fingerprint density at radius 1 is 1.06 bits per heavy atom. The second-order valence-electron chi connectivity index (χ2n) is 6.21. The van der Waals surface area contributed by atoms with Gasteiger partial charge in [0, 0.05) is 13.1 Å². The molecule has 1 heteroatoms. The Morgan fingerprint density at radius 2 is 1.72 bits per heavy atom. The Labute approximate surface area is 113 Å². The van der Waals surface area contributed by atoms with Gasteiger partial charge in [-0.1, -0.05) is 69.9 Å². The molecule has 0 bridgehead atoms. The third kappa shape index (κ3) is 6.20. The predicted molar refractivity (Wildman–Crippen MR) is 80.8 cm³/mol. The average Bonchev–Trinajstić information content (AvgIpc) is 2.32. The lowest BCUT2D eigenvalue weighted by Gasteiger charge is -2.25. The molecule has 1 aromatic rings. The van der Waals surface area contributed by atoms with Gasteiger partial charge in [-0.05, 0) is 24.3 Å². The Hall–Kier alpha value is -0.820. The van der Waals surface area contributed by atoms with Crippen molar-refractivity contribution < 1.29 is 0 Å². The van der Waals surface area contributed by atoms with Gasteiger partial charge in [0.25, 0.3) is 0 Å². The Balaban J connectivity index is 2.25. The van der Waals surface area contributed by atoms with Crippen LogP contribution in [0.15, 0.2) is 24.3 Å². The zero-order valence-electron chi connectivity index (χ0n) is 12.6. The summed E-state index contributed by atoms with van der Waals surface area (Å²) < 4.78 is 0. The van der Waals surface area contributed by atoms with E-state index in [9.17, 15) is 0 Å². The molecule has 1 N–H and O–H groups in total. The van der Waals surface area contributed by atoms with Crippen LogP contribution in [-0.4, -0.2) is 6.54 Å². The number of nitrogens with one attached hydrogen (secondary N) is 1. The van der Waals surface area contributed by atoms with Crippen molar-refractivity contribution in [3.8, 4) is 0 Å². The van der Waals surface area contributed by atoms with Crippen LogP contribution in [-0.2, 0) is 6.54 Å². The maximum atomic E-state index is 3.59. The lowest BCUT2D eigenvalue weighted by atomic mass is 9.87. The minimum Gasteiger partial charge on any atom is -0.312 e. The number of hydrogen-bond acceptors (Lipinski definition) is 1. The highest BCUT2D eigenvalue weighted by Crippen LogP contribution is 2.22. The van der Waals surface area contributed by atoms with Crippen molar-refractivity contribution in [3.63, 3.8) is 0 Å². The van der Waals surface area contributed by atoms with Gasteiger partial charge in [0.05, 0.1) is 0 Å². The van der Waals surface area contributed by atoms with Gasteiger partial charge in [0.2, 0.25) is 0 Å². The van der Waals surface area contributed by atoms with E-state index >= 15 is 0 Å². The standard InChI is InChI=1S/C17H29N/c1-5-6-7-12-17(3,4)14-18-13-16-10-8-15(2)9-11-16/h8-11,18H,5-7,12-14H2,1-4H3. The maximum absolute atomic E-state index is 3.59. The molecule has 0 aromatic heterocycles. The molecule has 0 heterocycles. The minimum absolute atomic E-state index is 0.417. The largest absolute Gasteiger partial charge is 0.312 e. The van der Waals surface area contributed by atoms with E-state index in [1.54, 1.807) is 0 Å². The topological polar surface area (TPSA) is 12.0 Å². The van der Waals surface area contributed by atoms with Crippen LogP contribution in [0.4, 0.5) is 0 Å². The molecule has 102 valence electrons. The maximum Gasteiger partial charge on any atom is 0.0205 e. The summed E-state index contributed by atoms with van der Waals surface area (Å²) in [5.41, 5.74) is 3.13. The average molecular weight is 247 g/mol. The molecule has 1 rings (SSSR count). The van der Waals surface area contributed by atoms with E-state index in [1.807, 2.05) is 0 Å². The summed E-state index contributed by atoms with van der Waals surface area (Å²) in [5, 5.41) is 3.59. The normalized spacial score (nSPS) is 11.8. The number of rotatable bonds is 8. The van der Waals surface area contributed by atoms with Crippen LogP contribution in [0.25, 0.3) is 0 Å².